The van der Waals surface area contributed by atoms with Crippen molar-refractivity contribution in [3.63, 3.8) is 0 Å². The number of sulfonamides is 1. The maximum absolute atomic E-state index is 12.5. The number of hydrogen-bond donors (Lipinski definition) is 1. The molecular weight excluding hydrogens is 362 g/mol. The third kappa shape index (κ3) is 3.38. The van der Waals surface area contributed by atoms with Crippen molar-refractivity contribution >= 4 is 43.1 Å². The Morgan fingerprint density at radius 3 is 2.90 bits per heavy atom. The van der Waals surface area contributed by atoms with Crippen LogP contribution in [0.2, 0.25) is 0 Å². The predicted molar refractivity (Wildman–Crippen MR) is 84.2 cm³/mol. The minimum absolute atomic E-state index is 0.0103. The Balaban J connectivity index is 2.18. The summed E-state index contributed by atoms with van der Waals surface area (Å²) in [5.41, 5.74) is 5.67. The molecule has 2 aromatic rings. The highest BCUT2D eigenvalue weighted by atomic mass is 79.9. The fraction of sp³-hybridized carbons (Fsp3) is 0.250. The second kappa shape index (κ2) is 6.21. The van der Waals surface area contributed by atoms with E-state index in [4.69, 9.17) is 5.73 Å². The molecule has 0 aliphatic heterocycles. The van der Waals surface area contributed by atoms with Crippen LogP contribution in [0.15, 0.2) is 39.1 Å². The molecule has 0 spiro atoms. The topological polar surface area (TPSA) is 76.3 Å². The molecule has 2 aromatic heterocycles. The second-order valence-electron chi connectivity index (χ2n) is 4.19. The zero-order valence-corrected chi connectivity index (χ0v) is 14.0. The van der Waals surface area contributed by atoms with Gasteiger partial charge >= 0.3 is 0 Å². The molecule has 0 fully saturated rings. The fourth-order valence-corrected chi connectivity index (χ4v) is 4.09. The van der Waals surface area contributed by atoms with E-state index >= 15 is 0 Å². The van der Waals surface area contributed by atoms with Crippen LogP contribution in [-0.4, -0.2) is 31.3 Å². The van der Waals surface area contributed by atoms with Crippen LogP contribution in [0.3, 0.4) is 0 Å². The first kappa shape index (κ1) is 15.4. The SMILES string of the molecule is CN(CCc1cccs1)S(=O)(=O)c1cc(Br)cnc1N. The largest absolute Gasteiger partial charge is 0.383 e. The van der Waals surface area contributed by atoms with Gasteiger partial charge in [-0.15, -0.1) is 11.3 Å². The van der Waals surface area contributed by atoms with Crippen LogP contribution in [-0.2, 0) is 16.4 Å². The number of rotatable bonds is 5. The molecule has 5 nitrogen and oxygen atoms in total. The average Bonchev–Trinajstić information content (AvgIpc) is 2.91. The number of aromatic nitrogens is 1. The number of halogens is 1. The minimum atomic E-state index is -3.62. The molecule has 0 aliphatic carbocycles. The first-order chi connectivity index (χ1) is 9.41. The standard InChI is InChI=1S/C12H14BrN3O2S2/c1-16(5-4-10-3-2-6-19-10)20(17,18)11-7-9(13)8-15-12(11)14/h2-3,6-8H,4-5H2,1H3,(H2,14,15). The molecule has 0 bridgehead atoms. The first-order valence-corrected chi connectivity index (χ1v) is 8.92. The number of nitrogens with zero attached hydrogens (tertiary/aromatic N) is 2. The molecular formula is C12H14BrN3O2S2. The van der Waals surface area contributed by atoms with Crippen molar-refractivity contribution in [2.75, 3.05) is 19.3 Å². The van der Waals surface area contributed by atoms with Gasteiger partial charge in [0, 0.05) is 29.1 Å². The number of thiophene rings is 1. The molecule has 108 valence electrons. The lowest BCUT2D eigenvalue weighted by Gasteiger charge is -2.17. The molecule has 0 saturated carbocycles. The van der Waals surface area contributed by atoms with Gasteiger partial charge in [0.05, 0.1) is 0 Å². The van der Waals surface area contributed by atoms with Crippen LogP contribution in [0.25, 0.3) is 0 Å². The molecule has 0 atom stereocenters. The molecule has 0 radical (unpaired) electrons. The molecule has 0 aliphatic rings. The van der Waals surface area contributed by atoms with Crippen LogP contribution in [0, 0.1) is 0 Å². The van der Waals surface area contributed by atoms with Crippen LogP contribution >= 0.6 is 27.3 Å². The fourth-order valence-electron chi connectivity index (χ4n) is 1.65. The number of hydrogen-bond acceptors (Lipinski definition) is 5. The van der Waals surface area contributed by atoms with Gasteiger partial charge in [0.25, 0.3) is 0 Å². The molecule has 0 amide bonds. The Bertz CT molecular complexity index is 687. The van der Waals surface area contributed by atoms with Gasteiger partial charge in [0.15, 0.2) is 0 Å². The molecule has 0 aromatic carbocycles. The van der Waals surface area contributed by atoms with Crippen molar-refractivity contribution < 1.29 is 8.42 Å². The van der Waals surface area contributed by atoms with E-state index in [1.807, 2.05) is 17.5 Å². The van der Waals surface area contributed by atoms with Crippen molar-refractivity contribution in [3.05, 3.63) is 39.1 Å². The van der Waals surface area contributed by atoms with E-state index in [9.17, 15) is 8.42 Å². The lowest BCUT2D eigenvalue weighted by atomic mass is 10.3. The van der Waals surface area contributed by atoms with Gasteiger partial charge in [-0.2, -0.15) is 0 Å². The van der Waals surface area contributed by atoms with Crippen molar-refractivity contribution in [1.82, 2.24) is 9.29 Å². The quantitative estimate of drug-likeness (QED) is 0.869. The van der Waals surface area contributed by atoms with E-state index in [0.717, 1.165) is 4.88 Å². The Morgan fingerprint density at radius 2 is 2.25 bits per heavy atom. The summed E-state index contributed by atoms with van der Waals surface area (Å²) in [6, 6.07) is 5.41. The molecule has 2 N–H and O–H groups in total. The molecule has 0 unspecified atom stereocenters. The molecule has 20 heavy (non-hydrogen) atoms. The number of pyridine rings is 1. The van der Waals surface area contributed by atoms with Crippen LogP contribution in [0.5, 0.6) is 0 Å². The normalized spacial score (nSPS) is 11.9. The average molecular weight is 376 g/mol. The Morgan fingerprint density at radius 1 is 1.50 bits per heavy atom. The lowest BCUT2D eigenvalue weighted by molar-refractivity contribution is 0.473. The monoisotopic (exact) mass is 375 g/mol. The van der Waals surface area contributed by atoms with E-state index < -0.39 is 10.0 Å². The zero-order chi connectivity index (χ0) is 14.8. The van der Waals surface area contributed by atoms with E-state index in [1.165, 1.54) is 16.6 Å². The summed E-state index contributed by atoms with van der Waals surface area (Å²) in [6.45, 7) is 0.398. The summed E-state index contributed by atoms with van der Waals surface area (Å²) in [5.74, 6) is 0.0103. The minimum Gasteiger partial charge on any atom is -0.383 e. The maximum atomic E-state index is 12.5. The summed E-state index contributed by atoms with van der Waals surface area (Å²) in [6.07, 6.45) is 2.15. The van der Waals surface area contributed by atoms with Gasteiger partial charge in [0.1, 0.15) is 10.7 Å². The highest BCUT2D eigenvalue weighted by molar-refractivity contribution is 9.10. The highest BCUT2D eigenvalue weighted by Gasteiger charge is 2.24. The van der Waals surface area contributed by atoms with Crippen molar-refractivity contribution in [1.29, 1.82) is 0 Å². The van der Waals surface area contributed by atoms with Crippen molar-refractivity contribution in [2.24, 2.45) is 0 Å². The second-order valence-corrected chi connectivity index (χ2v) is 8.15. The third-order valence-corrected chi connectivity index (χ3v) is 6.05. The highest BCUT2D eigenvalue weighted by Crippen LogP contribution is 2.23. The summed E-state index contributed by atoms with van der Waals surface area (Å²) in [7, 11) is -2.08. The number of nitrogens with two attached hydrogens (primary N) is 1. The Kier molecular flexibility index (Phi) is 4.79. The van der Waals surface area contributed by atoms with Gasteiger partial charge in [-0.1, -0.05) is 6.07 Å². The van der Waals surface area contributed by atoms with Gasteiger partial charge in [0.2, 0.25) is 10.0 Å². The van der Waals surface area contributed by atoms with Crippen molar-refractivity contribution in [3.8, 4) is 0 Å². The summed E-state index contributed by atoms with van der Waals surface area (Å²) in [4.78, 5) is 5.04. The Hall–Kier alpha value is -0.960. The molecule has 2 rings (SSSR count). The maximum Gasteiger partial charge on any atom is 0.246 e. The lowest BCUT2D eigenvalue weighted by Crippen LogP contribution is -2.29. The van der Waals surface area contributed by atoms with E-state index in [2.05, 4.69) is 20.9 Å². The van der Waals surface area contributed by atoms with Gasteiger partial charge in [-0.25, -0.2) is 17.7 Å². The predicted octanol–water partition coefficient (Wildman–Crippen LogP) is 2.35. The molecule has 0 saturated heterocycles. The van der Waals surface area contributed by atoms with Crippen molar-refractivity contribution in [2.45, 2.75) is 11.3 Å². The molecule has 8 heteroatoms. The summed E-state index contributed by atoms with van der Waals surface area (Å²) >= 11 is 4.82. The van der Waals surface area contributed by atoms with E-state index in [0.29, 0.717) is 17.4 Å². The van der Waals surface area contributed by atoms with Crippen LogP contribution in [0.1, 0.15) is 4.88 Å². The first-order valence-electron chi connectivity index (χ1n) is 5.81. The number of nitrogen functional groups attached to an aromatic ring is 1. The summed E-state index contributed by atoms with van der Waals surface area (Å²) < 4.78 is 26.8. The van der Waals surface area contributed by atoms with Gasteiger partial charge in [-0.3, -0.25) is 0 Å². The van der Waals surface area contributed by atoms with Gasteiger partial charge in [-0.05, 0) is 39.9 Å². The number of anilines is 1. The van der Waals surface area contributed by atoms with Crippen LogP contribution in [0.4, 0.5) is 5.82 Å². The zero-order valence-electron chi connectivity index (χ0n) is 10.8. The van der Waals surface area contributed by atoms with Crippen LogP contribution < -0.4 is 5.73 Å². The third-order valence-electron chi connectivity index (χ3n) is 2.79. The number of likely N-dealkylation sites (N-methyl/N-ethyl adjacent to an activating group) is 1. The molecule has 2 heterocycles. The van der Waals surface area contributed by atoms with E-state index in [-0.39, 0.29) is 10.7 Å². The summed E-state index contributed by atoms with van der Waals surface area (Å²) in [5, 5.41) is 1.97. The van der Waals surface area contributed by atoms with Gasteiger partial charge < -0.3 is 5.73 Å². The van der Waals surface area contributed by atoms with E-state index in [1.54, 1.807) is 18.4 Å². The smallest absolute Gasteiger partial charge is 0.246 e. The Labute approximate surface area is 130 Å².